The van der Waals surface area contributed by atoms with Gasteiger partial charge in [0.15, 0.2) is 6.10 Å². The summed E-state index contributed by atoms with van der Waals surface area (Å²) in [5, 5.41) is 2.85. The summed E-state index contributed by atoms with van der Waals surface area (Å²) in [5.74, 6) is 0.465. The van der Waals surface area contributed by atoms with Crippen molar-refractivity contribution in [1.82, 2.24) is 4.57 Å². The third kappa shape index (κ3) is 3.58. The van der Waals surface area contributed by atoms with Crippen molar-refractivity contribution in [3.8, 4) is 5.75 Å². The Morgan fingerprint density at radius 2 is 1.96 bits per heavy atom. The number of ether oxygens (including phenoxy) is 1. The predicted octanol–water partition coefficient (Wildman–Crippen LogP) is 3.62. The Morgan fingerprint density at radius 1 is 1.20 bits per heavy atom. The zero-order valence-corrected chi connectivity index (χ0v) is 15.4. The maximum Gasteiger partial charge on any atom is 0.307 e. The molecule has 0 fully saturated rings. The molecule has 1 N–H and O–H groups in total. The fraction of sp³-hybridized carbons (Fsp3) is 0.263. The Hall–Kier alpha value is -2.60. The predicted molar refractivity (Wildman–Crippen MR) is 102 cm³/mol. The highest BCUT2D eigenvalue weighted by atomic mass is 32.1. The van der Waals surface area contributed by atoms with E-state index < -0.39 is 6.10 Å². The van der Waals surface area contributed by atoms with Crippen molar-refractivity contribution in [1.29, 1.82) is 0 Å². The minimum Gasteiger partial charge on any atom is -0.481 e. The molecule has 0 aliphatic rings. The molecule has 1 atom stereocenters. The number of hydrogen-bond donors (Lipinski definition) is 1. The van der Waals surface area contributed by atoms with E-state index in [1.165, 1.54) is 0 Å². The van der Waals surface area contributed by atoms with E-state index in [1.54, 1.807) is 24.6 Å². The summed E-state index contributed by atoms with van der Waals surface area (Å²) >= 11 is 1.16. The molecule has 5 nitrogen and oxygen atoms in total. The lowest BCUT2D eigenvalue weighted by molar-refractivity contribution is -0.122. The molecule has 3 aromatic rings. The van der Waals surface area contributed by atoms with Crippen LogP contribution in [0.5, 0.6) is 5.75 Å². The van der Waals surface area contributed by atoms with Crippen LogP contribution in [0.15, 0.2) is 41.2 Å². The maximum atomic E-state index is 12.4. The highest BCUT2D eigenvalue weighted by Gasteiger charge is 2.16. The number of nitrogens with zero attached hydrogens (tertiary/aromatic N) is 1. The normalized spacial score (nSPS) is 12.2. The molecule has 1 aromatic heterocycles. The quantitative estimate of drug-likeness (QED) is 0.777. The van der Waals surface area contributed by atoms with Crippen LogP contribution >= 0.6 is 11.3 Å². The molecule has 0 aliphatic heterocycles. The molecule has 0 unspecified atom stereocenters. The second-order valence-corrected chi connectivity index (χ2v) is 7.12. The molecule has 2 aromatic carbocycles. The van der Waals surface area contributed by atoms with E-state index in [9.17, 15) is 9.59 Å². The third-order valence-electron chi connectivity index (χ3n) is 4.06. The number of hydrogen-bond acceptors (Lipinski definition) is 4. The minimum atomic E-state index is -0.633. The molecule has 1 amide bonds. The SMILES string of the molecule is Cc1ccc(O[C@@H](C)C(=O)Nc2ccc3c(c2)sc(=O)n3C)c(C)c1. The van der Waals surface area contributed by atoms with Gasteiger partial charge in [0, 0.05) is 12.7 Å². The van der Waals surface area contributed by atoms with Crippen LogP contribution in [-0.4, -0.2) is 16.6 Å². The van der Waals surface area contributed by atoms with Gasteiger partial charge in [-0.25, -0.2) is 0 Å². The van der Waals surface area contributed by atoms with Crippen molar-refractivity contribution in [3.05, 3.63) is 57.2 Å². The number of aromatic nitrogens is 1. The highest BCUT2D eigenvalue weighted by Crippen LogP contribution is 2.23. The number of carbonyl (C=O) groups is 1. The summed E-state index contributed by atoms with van der Waals surface area (Å²) in [6, 6.07) is 11.3. The van der Waals surface area contributed by atoms with Gasteiger partial charge in [-0.3, -0.25) is 9.59 Å². The van der Waals surface area contributed by atoms with Gasteiger partial charge in [-0.2, -0.15) is 0 Å². The van der Waals surface area contributed by atoms with Crippen molar-refractivity contribution >= 4 is 33.1 Å². The number of fused-ring (bicyclic) bond motifs is 1. The first-order valence-corrected chi connectivity index (χ1v) is 8.81. The molecule has 0 radical (unpaired) electrons. The van der Waals surface area contributed by atoms with Crippen LogP contribution in [0.2, 0.25) is 0 Å². The Balaban J connectivity index is 1.73. The third-order valence-corrected chi connectivity index (χ3v) is 5.06. The molecular weight excluding hydrogens is 336 g/mol. The van der Waals surface area contributed by atoms with Gasteiger partial charge in [-0.15, -0.1) is 0 Å². The van der Waals surface area contributed by atoms with Crippen molar-refractivity contribution in [2.75, 3.05) is 5.32 Å². The molecular formula is C19H20N2O3S. The van der Waals surface area contributed by atoms with Crippen molar-refractivity contribution < 1.29 is 9.53 Å². The second-order valence-electron chi connectivity index (χ2n) is 6.13. The van der Waals surface area contributed by atoms with Crippen LogP contribution < -0.4 is 14.9 Å². The maximum absolute atomic E-state index is 12.4. The molecule has 130 valence electrons. The molecule has 6 heteroatoms. The summed E-state index contributed by atoms with van der Waals surface area (Å²) in [7, 11) is 1.74. The van der Waals surface area contributed by atoms with Crippen LogP contribution in [0.25, 0.3) is 10.2 Å². The first kappa shape index (κ1) is 17.2. The first-order chi connectivity index (χ1) is 11.8. The number of anilines is 1. The molecule has 0 saturated carbocycles. The van der Waals surface area contributed by atoms with Crippen LogP contribution in [0.4, 0.5) is 5.69 Å². The van der Waals surface area contributed by atoms with Gasteiger partial charge in [-0.05, 0) is 50.6 Å². The van der Waals surface area contributed by atoms with Gasteiger partial charge >= 0.3 is 4.87 Å². The van der Waals surface area contributed by atoms with E-state index in [0.717, 1.165) is 32.7 Å². The molecule has 3 rings (SSSR count). The van der Waals surface area contributed by atoms with E-state index in [-0.39, 0.29) is 10.8 Å². The molecule has 0 spiro atoms. The van der Waals surface area contributed by atoms with Crippen LogP contribution in [0, 0.1) is 13.8 Å². The van der Waals surface area contributed by atoms with E-state index in [0.29, 0.717) is 11.4 Å². The van der Waals surface area contributed by atoms with Crippen LogP contribution in [0.3, 0.4) is 0 Å². The fourth-order valence-corrected chi connectivity index (χ4v) is 3.55. The molecule has 0 aliphatic carbocycles. The first-order valence-electron chi connectivity index (χ1n) is 7.99. The Labute approximate surface area is 149 Å². The van der Waals surface area contributed by atoms with Crippen molar-refractivity contribution in [2.24, 2.45) is 7.05 Å². The smallest absolute Gasteiger partial charge is 0.307 e. The van der Waals surface area contributed by atoms with Crippen LogP contribution in [-0.2, 0) is 11.8 Å². The molecule has 0 saturated heterocycles. The molecule has 25 heavy (non-hydrogen) atoms. The van der Waals surface area contributed by atoms with Crippen molar-refractivity contribution in [2.45, 2.75) is 26.9 Å². The van der Waals surface area contributed by atoms with Gasteiger partial charge in [0.05, 0.1) is 10.2 Å². The standard InChI is InChI=1S/C19H20N2O3S/c1-11-5-8-16(12(2)9-11)24-13(3)18(22)20-14-6-7-15-17(10-14)25-19(23)21(15)4/h5-10,13H,1-4H3,(H,20,22)/t13-/m0/s1. The van der Waals surface area contributed by atoms with Crippen LogP contribution in [0.1, 0.15) is 18.1 Å². The highest BCUT2D eigenvalue weighted by molar-refractivity contribution is 7.16. The summed E-state index contributed by atoms with van der Waals surface area (Å²) in [5.41, 5.74) is 3.65. The summed E-state index contributed by atoms with van der Waals surface area (Å²) < 4.78 is 8.22. The Bertz CT molecular complexity index is 1000. The minimum absolute atomic E-state index is 0.0231. The number of aryl methyl sites for hydroxylation is 3. The monoisotopic (exact) mass is 356 g/mol. The average Bonchev–Trinajstić information content (AvgIpc) is 2.84. The topological polar surface area (TPSA) is 60.3 Å². The lowest BCUT2D eigenvalue weighted by Gasteiger charge is -2.16. The van der Waals surface area contributed by atoms with E-state index >= 15 is 0 Å². The van der Waals surface area contributed by atoms with Gasteiger partial charge < -0.3 is 14.6 Å². The van der Waals surface area contributed by atoms with E-state index in [4.69, 9.17) is 4.74 Å². The zero-order valence-electron chi connectivity index (χ0n) is 14.6. The van der Waals surface area contributed by atoms with Gasteiger partial charge in [0.25, 0.3) is 5.91 Å². The molecule has 0 bridgehead atoms. The lowest BCUT2D eigenvalue weighted by Crippen LogP contribution is -2.30. The number of carbonyl (C=O) groups excluding carboxylic acids is 1. The Kier molecular flexibility index (Phi) is 4.63. The molecule has 1 heterocycles. The van der Waals surface area contributed by atoms with Gasteiger partial charge in [0.2, 0.25) is 0 Å². The number of thiazole rings is 1. The van der Waals surface area contributed by atoms with Crippen molar-refractivity contribution in [3.63, 3.8) is 0 Å². The summed E-state index contributed by atoms with van der Waals surface area (Å²) in [6.07, 6.45) is -0.633. The van der Waals surface area contributed by atoms with E-state index in [2.05, 4.69) is 5.32 Å². The van der Waals surface area contributed by atoms with E-state index in [1.807, 2.05) is 44.2 Å². The largest absolute Gasteiger partial charge is 0.481 e. The number of benzene rings is 2. The fourth-order valence-electron chi connectivity index (χ4n) is 2.63. The summed E-state index contributed by atoms with van der Waals surface area (Å²) in [6.45, 7) is 5.69. The number of amides is 1. The zero-order chi connectivity index (χ0) is 18.1. The number of rotatable bonds is 4. The van der Waals surface area contributed by atoms with Gasteiger partial charge in [-0.1, -0.05) is 29.0 Å². The lowest BCUT2D eigenvalue weighted by atomic mass is 10.1. The summed E-state index contributed by atoms with van der Waals surface area (Å²) in [4.78, 5) is 24.1. The number of nitrogens with one attached hydrogen (secondary N) is 1. The Morgan fingerprint density at radius 3 is 2.68 bits per heavy atom. The van der Waals surface area contributed by atoms with Gasteiger partial charge in [0.1, 0.15) is 5.75 Å². The average molecular weight is 356 g/mol. The second kappa shape index (κ2) is 6.72.